The standard InChI is InChI=1S/C10H14N2O2/c1-6-8(3)10(14)12(5)11(4)9(13)7-2/h2,6,8H,1H2,3-5H3. The van der Waals surface area contributed by atoms with Gasteiger partial charge in [-0.3, -0.25) is 14.6 Å². The van der Waals surface area contributed by atoms with Gasteiger partial charge in [-0.2, -0.15) is 0 Å². The van der Waals surface area contributed by atoms with Gasteiger partial charge in [-0.25, -0.2) is 5.01 Å². The summed E-state index contributed by atoms with van der Waals surface area (Å²) in [5.41, 5.74) is 0. The predicted molar refractivity (Wildman–Crippen MR) is 53.7 cm³/mol. The topological polar surface area (TPSA) is 40.6 Å². The second-order valence-corrected chi connectivity index (χ2v) is 2.86. The summed E-state index contributed by atoms with van der Waals surface area (Å²) in [7, 11) is 2.92. The smallest absolute Gasteiger partial charge is 0.272 e. The van der Waals surface area contributed by atoms with Crippen molar-refractivity contribution in [2.75, 3.05) is 14.1 Å². The van der Waals surface area contributed by atoms with E-state index < -0.39 is 5.91 Å². The van der Waals surface area contributed by atoms with Gasteiger partial charge in [-0.05, 0) is 5.92 Å². The molecule has 0 radical (unpaired) electrons. The number of amides is 2. The van der Waals surface area contributed by atoms with Gasteiger partial charge in [-0.15, -0.1) is 13.0 Å². The van der Waals surface area contributed by atoms with E-state index in [1.807, 2.05) is 5.92 Å². The molecule has 4 nitrogen and oxygen atoms in total. The number of hydrazine groups is 1. The molecule has 0 N–H and O–H groups in total. The Morgan fingerprint density at radius 2 is 1.93 bits per heavy atom. The van der Waals surface area contributed by atoms with Gasteiger partial charge in [0, 0.05) is 14.1 Å². The highest BCUT2D eigenvalue weighted by Crippen LogP contribution is 2.03. The third-order valence-corrected chi connectivity index (χ3v) is 1.93. The fourth-order valence-electron chi connectivity index (χ4n) is 0.773. The minimum Gasteiger partial charge on any atom is -0.272 e. The molecule has 0 aromatic carbocycles. The lowest BCUT2D eigenvalue weighted by atomic mass is 10.2. The molecule has 0 rings (SSSR count). The van der Waals surface area contributed by atoms with Crippen LogP contribution in [0.5, 0.6) is 0 Å². The molecule has 0 fully saturated rings. The SMILES string of the molecule is C#CC(=O)N(C)N(C)C(=O)C(C)C=C. The van der Waals surface area contributed by atoms with E-state index in [2.05, 4.69) is 6.58 Å². The van der Waals surface area contributed by atoms with Crippen LogP contribution in [0.15, 0.2) is 12.7 Å². The van der Waals surface area contributed by atoms with Crippen molar-refractivity contribution in [2.24, 2.45) is 5.92 Å². The van der Waals surface area contributed by atoms with Crippen LogP contribution in [0.25, 0.3) is 0 Å². The molecule has 0 spiro atoms. The summed E-state index contributed by atoms with van der Waals surface area (Å²) in [4.78, 5) is 22.6. The van der Waals surface area contributed by atoms with Crippen LogP contribution in [0.3, 0.4) is 0 Å². The van der Waals surface area contributed by atoms with Crippen molar-refractivity contribution < 1.29 is 9.59 Å². The summed E-state index contributed by atoms with van der Waals surface area (Å²) in [6.45, 7) is 5.19. The highest BCUT2D eigenvalue weighted by molar-refractivity contribution is 5.94. The Morgan fingerprint density at radius 1 is 1.43 bits per heavy atom. The van der Waals surface area contributed by atoms with Crippen molar-refractivity contribution in [1.29, 1.82) is 0 Å². The zero-order valence-electron chi connectivity index (χ0n) is 8.65. The van der Waals surface area contributed by atoms with Crippen LogP contribution < -0.4 is 0 Å². The molecule has 0 aromatic heterocycles. The van der Waals surface area contributed by atoms with E-state index in [-0.39, 0.29) is 11.8 Å². The predicted octanol–water partition coefficient (Wildman–Crippen LogP) is 0.273. The van der Waals surface area contributed by atoms with Gasteiger partial charge in [0.2, 0.25) is 5.91 Å². The maximum absolute atomic E-state index is 11.5. The van der Waals surface area contributed by atoms with Gasteiger partial charge in [0.15, 0.2) is 0 Å². The Labute approximate surface area is 84.1 Å². The van der Waals surface area contributed by atoms with Gasteiger partial charge >= 0.3 is 5.91 Å². The van der Waals surface area contributed by atoms with Crippen LogP contribution in [-0.2, 0) is 9.59 Å². The number of carbonyl (C=O) groups excluding carboxylic acids is 2. The highest BCUT2D eigenvalue weighted by atomic mass is 16.2. The summed E-state index contributed by atoms with van der Waals surface area (Å²) in [6, 6.07) is 0. The zero-order chi connectivity index (χ0) is 11.3. The molecule has 0 saturated heterocycles. The number of rotatable bonds is 2. The van der Waals surface area contributed by atoms with E-state index in [9.17, 15) is 9.59 Å². The molecule has 0 aromatic rings. The zero-order valence-corrected chi connectivity index (χ0v) is 8.65. The summed E-state index contributed by atoms with van der Waals surface area (Å²) in [5.74, 6) is 0.796. The van der Waals surface area contributed by atoms with Gasteiger partial charge in [0.25, 0.3) is 0 Å². The number of nitrogens with zero attached hydrogens (tertiary/aromatic N) is 2. The van der Waals surface area contributed by atoms with Gasteiger partial charge in [0.05, 0.1) is 5.92 Å². The van der Waals surface area contributed by atoms with E-state index in [0.717, 1.165) is 5.01 Å². The minimum absolute atomic E-state index is 0.230. The van der Waals surface area contributed by atoms with E-state index in [4.69, 9.17) is 6.42 Å². The summed E-state index contributed by atoms with van der Waals surface area (Å²) in [5, 5.41) is 2.26. The molecule has 4 heteroatoms. The first-order valence-electron chi connectivity index (χ1n) is 4.10. The average Bonchev–Trinajstić information content (AvgIpc) is 2.23. The van der Waals surface area contributed by atoms with E-state index >= 15 is 0 Å². The minimum atomic E-state index is -0.558. The van der Waals surface area contributed by atoms with Crippen LogP contribution >= 0.6 is 0 Å². The first-order valence-corrected chi connectivity index (χ1v) is 4.10. The second-order valence-electron chi connectivity index (χ2n) is 2.86. The number of hydrogen-bond acceptors (Lipinski definition) is 2. The molecule has 1 unspecified atom stereocenters. The Hall–Kier alpha value is -1.76. The maximum atomic E-state index is 11.5. The molecule has 2 amide bonds. The molecular weight excluding hydrogens is 180 g/mol. The van der Waals surface area contributed by atoms with Crippen LogP contribution in [0.4, 0.5) is 0 Å². The molecule has 0 aliphatic carbocycles. The monoisotopic (exact) mass is 194 g/mol. The van der Waals surface area contributed by atoms with Gasteiger partial charge in [0.1, 0.15) is 0 Å². The van der Waals surface area contributed by atoms with Crippen molar-refractivity contribution in [3.8, 4) is 12.3 Å². The second kappa shape index (κ2) is 5.07. The molecular formula is C10H14N2O2. The van der Waals surface area contributed by atoms with E-state index in [1.54, 1.807) is 6.92 Å². The molecule has 14 heavy (non-hydrogen) atoms. The van der Waals surface area contributed by atoms with Crippen LogP contribution in [0.1, 0.15) is 6.92 Å². The maximum Gasteiger partial charge on any atom is 0.316 e. The largest absolute Gasteiger partial charge is 0.316 e. The summed E-state index contributed by atoms with van der Waals surface area (Å²) >= 11 is 0. The lowest BCUT2D eigenvalue weighted by molar-refractivity contribution is -0.155. The lowest BCUT2D eigenvalue weighted by Crippen LogP contribution is -2.46. The fraction of sp³-hybridized carbons (Fsp3) is 0.400. The van der Waals surface area contributed by atoms with Crippen LogP contribution in [-0.4, -0.2) is 35.9 Å². The number of terminal acetylenes is 1. The highest BCUT2D eigenvalue weighted by Gasteiger charge is 2.20. The molecule has 76 valence electrons. The third-order valence-electron chi connectivity index (χ3n) is 1.93. The summed E-state index contributed by atoms with van der Waals surface area (Å²) in [6.07, 6.45) is 6.43. The van der Waals surface area contributed by atoms with Crippen molar-refractivity contribution in [3.05, 3.63) is 12.7 Å². The first-order chi connectivity index (χ1) is 6.45. The van der Waals surface area contributed by atoms with Crippen molar-refractivity contribution >= 4 is 11.8 Å². The van der Waals surface area contributed by atoms with Crippen molar-refractivity contribution in [3.63, 3.8) is 0 Å². The van der Waals surface area contributed by atoms with E-state index in [1.165, 1.54) is 25.2 Å². The van der Waals surface area contributed by atoms with Crippen LogP contribution in [0.2, 0.25) is 0 Å². The molecule has 0 heterocycles. The third kappa shape index (κ3) is 2.63. The molecule has 0 aliphatic rings. The normalized spacial score (nSPS) is 11.0. The Kier molecular flexibility index (Phi) is 4.44. The van der Waals surface area contributed by atoms with Gasteiger partial charge < -0.3 is 0 Å². The number of carbonyl (C=O) groups is 2. The van der Waals surface area contributed by atoms with Crippen molar-refractivity contribution in [1.82, 2.24) is 10.0 Å². The average molecular weight is 194 g/mol. The first kappa shape index (κ1) is 12.2. The molecule has 0 saturated carbocycles. The number of hydrogen-bond donors (Lipinski definition) is 0. The Bertz CT molecular complexity index is 291. The van der Waals surface area contributed by atoms with Crippen LogP contribution in [0, 0.1) is 18.3 Å². The molecule has 0 aliphatic heterocycles. The lowest BCUT2D eigenvalue weighted by Gasteiger charge is -2.27. The quantitative estimate of drug-likeness (QED) is 0.360. The Balaban J connectivity index is 4.55. The van der Waals surface area contributed by atoms with Crippen molar-refractivity contribution in [2.45, 2.75) is 6.92 Å². The van der Waals surface area contributed by atoms with Gasteiger partial charge in [-0.1, -0.05) is 13.0 Å². The van der Waals surface area contributed by atoms with E-state index in [0.29, 0.717) is 0 Å². The Morgan fingerprint density at radius 3 is 2.29 bits per heavy atom. The fourth-order valence-corrected chi connectivity index (χ4v) is 0.773. The molecule has 0 bridgehead atoms. The molecule has 1 atom stereocenters. The summed E-state index contributed by atoms with van der Waals surface area (Å²) < 4.78 is 0.